The predicted octanol–water partition coefficient (Wildman–Crippen LogP) is 2.68. The summed E-state index contributed by atoms with van der Waals surface area (Å²) in [6.45, 7) is 0.585. The van der Waals surface area contributed by atoms with Gasteiger partial charge >= 0.3 is 0 Å². The number of nitrogens with one attached hydrogen (secondary N) is 1. The van der Waals surface area contributed by atoms with Crippen LogP contribution in [0.2, 0.25) is 0 Å². The van der Waals surface area contributed by atoms with Gasteiger partial charge in [-0.2, -0.15) is 0 Å². The van der Waals surface area contributed by atoms with Gasteiger partial charge in [-0.05, 0) is 19.3 Å². The molecule has 1 rings (SSSR count). The van der Waals surface area contributed by atoms with Crippen molar-refractivity contribution in [2.24, 2.45) is 0 Å². The normalized spacial score (nSPS) is 10.5. The zero-order chi connectivity index (χ0) is 12.0. The van der Waals surface area contributed by atoms with Gasteiger partial charge in [-0.1, -0.05) is 0 Å². The molecule has 0 aliphatic carbocycles. The zero-order valence-corrected chi connectivity index (χ0v) is 8.77. The van der Waals surface area contributed by atoms with Gasteiger partial charge in [0.2, 0.25) is 0 Å². The highest BCUT2D eigenvalue weighted by atomic mass is 19.2. The highest BCUT2D eigenvalue weighted by Crippen LogP contribution is 2.18. The van der Waals surface area contributed by atoms with Crippen LogP contribution in [-0.2, 0) is 0 Å². The second kappa shape index (κ2) is 6.37. The molecular weight excluding hydrogens is 219 g/mol. The van der Waals surface area contributed by atoms with Gasteiger partial charge < -0.3 is 10.4 Å². The maximum Gasteiger partial charge on any atom is 0.161 e. The molecule has 0 aliphatic heterocycles. The van der Waals surface area contributed by atoms with E-state index in [-0.39, 0.29) is 12.3 Å². The lowest BCUT2D eigenvalue weighted by atomic mass is 10.2. The lowest BCUT2D eigenvalue weighted by molar-refractivity contribution is 0.283. The van der Waals surface area contributed by atoms with Crippen molar-refractivity contribution in [3.8, 4) is 0 Å². The minimum absolute atomic E-state index is 0.0390. The molecule has 0 radical (unpaired) electrons. The van der Waals surface area contributed by atoms with Gasteiger partial charge in [0.25, 0.3) is 0 Å². The van der Waals surface area contributed by atoms with Crippen molar-refractivity contribution in [3.05, 3.63) is 29.6 Å². The van der Waals surface area contributed by atoms with Crippen LogP contribution in [0.4, 0.5) is 18.9 Å². The fraction of sp³-hybridized carbons (Fsp3) is 0.455. The monoisotopic (exact) mass is 233 g/mol. The van der Waals surface area contributed by atoms with Crippen molar-refractivity contribution in [2.45, 2.75) is 19.3 Å². The molecule has 0 amide bonds. The van der Waals surface area contributed by atoms with Gasteiger partial charge in [-0.25, -0.2) is 13.2 Å². The van der Waals surface area contributed by atoms with Gasteiger partial charge in [0.1, 0.15) is 5.82 Å². The Balaban J connectivity index is 2.45. The number of benzene rings is 1. The number of hydrogen-bond donors (Lipinski definition) is 2. The fourth-order valence-corrected chi connectivity index (χ4v) is 1.29. The Bertz CT molecular complexity index is 344. The van der Waals surface area contributed by atoms with Crippen LogP contribution in [0, 0.1) is 17.5 Å². The van der Waals surface area contributed by atoms with Crippen LogP contribution >= 0.6 is 0 Å². The van der Waals surface area contributed by atoms with Crippen LogP contribution < -0.4 is 5.32 Å². The van der Waals surface area contributed by atoms with E-state index in [2.05, 4.69) is 5.32 Å². The molecular formula is C11H14F3NO. The van der Waals surface area contributed by atoms with E-state index in [9.17, 15) is 13.2 Å². The fourth-order valence-electron chi connectivity index (χ4n) is 1.29. The second-order valence-corrected chi connectivity index (χ2v) is 3.46. The molecule has 16 heavy (non-hydrogen) atoms. The number of aliphatic hydroxyl groups is 1. The van der Waals surface area contributed by atoms with E-state index in [4.69, 9.17) is 5.11 Å². The summed E-state index contributed by atoms with van der Waals surface area (Å²) < 4.78 is 38.4. The molecule has 0 aliphatic rings. The van der Waals surface area contributed by atoms with Crippen LogP contribution in [-0.4, -0.2) is 18.3 Å². The molecule has 0 unspecified atom stereocenters. The van der Waals surface area contributed by atoms with Crippen molar-refractivity contribution >= 4 is 5.69 Å². The van der Waals surface area contributed by atoms with Crippen molar-refractivity contribution < 1.29 is 18.3 Å². The molecule has 2 N–H and O–H groups in total. The maximum atomic E-state index is 13.1. The number of rotatable bonds is 6. The molecule has 0 spiro atoms. The van der Waals surface area contributed by atoms with Crippen LogP contribution in [0.25, 0.3) is 0 Å². The van der Waals surface area contributed by atoms with Crippen molar-refractivity contribution in [1.29, 1.82) is 0 Å². The summed E-state index contributed by atoms with van der Waals surface area (Å²) in [5, 5.41) is 11.2. The van der Waals surface area contributed by atoms with Crippen LogP contribution in [0.5, 0.6) is 0 Å². The van der Waals surface area contributed by atoms with Gasteiger partial charge in [-0.15, -0.1) is 0 Å². The smallest absolute Gasteiger partial charge is 0.161 e. The zero-order valence-electron chi connectivity index (χ0n) is 8.77. The second-order valence-electron chi connectivity index (χ2n) is 3.46. The van der Waals surface area contributed by atoms with Crippen molar-refractivity contribution in [2.75, 3.05) is 18.5 Å². The Morgan fingerprint density at radius 2 is 1.62 bits per heavy atom. The van der Waals surface area contributed by atoms with Crippen LogP contribution in [0.1, 0.15) is 19.3 Å². The summed E-state index contributed by atoms with van der Waals surface area (Å²) in [4.78, 5) is 0. The maximum absolute atomic E-state index is 13.1. The summed E-state index contributed by atoms with van der Waals surface area (Å²) in [7, 11) is 0. The summed E-state index contributed by atoms with van der Waals surface area (Å²) in [6.07, 6.45) is 2.22. The largest absolute Gasteiger partial charge is 0.396 e. The van der Waals surface area contributed by atoms with Gasteiger partial charge in [0.15, 0.2) is 11.6 Å². The van der Waals surface area contributed by atoms with E-state index in [0.717, 1.165) is 18.9 Å². The number of anilines is 1. The Labute approximate surface area is 92.1 Å². The topological polar surface area (TPSA) is 32.3 Å². The average molecular weight is 233 g/mol. The van der Waals surface area contributed by atoms with Gasteiger partial charge in [-0.3, -0.25) is 0 Å². The van der Waals surface area contributed by atoms with Crippen LogP contribution in [0.3, 0.4) is 0 Å². The molecule has 0 saturated carbocycles. The SMILES string of the molecule is OCCCCCNc1cc(F)c(F)cc1F. The van der Waals surface area contributed by atoms with E-state index in [0.29, 0.717) is 19.0 Å². The highest BCUT2D eigenvalue weighted by molar-refractivity contribution is 5.45. The number of hydrogen-bond acceptors (Lipinski definition) is 2. The average Bonchev–Trinajstić information content (AvgIpc) is 2.25. The first-order valence-electron chi connectivity index (χ1n) is 5.14. The molecule has 0 aromatic heterocycles. The highest BCUT2D eigenvalue weighted by Gasteiger charge is 2.08. The summed E-state index contributed by atoms with van der Waals surface area (Å²) in [5.74, 6) is -3.07. The van der Waals surface area contributed by atoms with Gasteiger partial charge in [0.05, 0.1) is 5.69 Å². The first-order valence-corrected chi connectivity index (χ1v) is 5.14. The van der Waals surface area contributed by atoms with Gasteiger partial charge in [0, 0.05) is 25.3 Å². The Hall–Kier alpha value is -1.23. The molecule has 90 valence electrons. The molecule has 1 aromatic carbocycles. The number of unbranched alkanes of at least 4 members (excludes halogenated alkanes) is 2. The quantitative estimate of drug-likeness (QED) is 0.585. The molecule has 0 saturated heterocycles. The van der Waals surface area contributed by atoms with E-state index in [1.54, 1.807) is 0 Å². The summed E-state index contributed by atoms with van der Waals surface area (Å²) in [6, 6.07) is 1.32. The van der Waals surface area contributed by atoms with E-state index >= 15 is 0 Å². The lowest BCUT2D eigenvalue weighted by Crippen LogP contribution is -2.05. The molecule has 0 bridgehead atoms. The minimum Gasteiger partial charge on any atom is -0.396 e. The van der Waals surface area contributed by atoms with Crippen LogP contribution in [0.15, 0.2) is 12.1 Å². The molecule has 2 nitrogen and oxygen atoms in total. The van der Waals surface area contributed by atoms with E-state index < -0.39 is 17.5 Å². The van der Waals surface area contributed by atoms with E-state index in [1.807, 2.05) is 0 Å². The molecule has 1 aromatic rings. The Morgan fingerprint density at radius 3 is 2.31 bits per heavy atom. The minimum atomic E-state index is -1.19. The Morgan fingerprint density at radius 1 is 0.938 bits per heavy atom. The summed E-state index contributed by atoms with van der Waals surface area (Å²) >= 11 is 0. The molecule has 0 atom stereocenters. The van der Waals surface area contributed by atoms with Crippen molar-refractivity contribution in [3.63, 3.8) is 0 Å². The standard InChI is InChI=1S/C11H14F3NO/c12-8-6-10(14)11(7-9(8)13)15-4-2-1-3-5-16/h6-7,15-16H,1-5H2. The molecule has 0 fully saturated rings. The Kier molecular flexibility index (Phi) is 5.11. The molecule has 0 heterocycles. The lowest BCUT2D eigenvalue weighted by Gasteiger charge is -2.07. The number of halogens is 3. The first-order chi connectivity index (χ1) is 7.65. The van der Waals surface area contributed by atoms with E-state index in [1.165, 1.54) is 0 Å². The third-order valence-corrected chi connectivity index (χ3v) is 2.16. The number of aliphatic hydroxyl groups excluding tert-OH is 1. The first kappa shape index (κ1) is 12.8. The molecule has 5 heteroatoms. The summed E-state index contributed by atoms with van der Waals surface area (Å²) in [5.41, 5.74) is -0.0390. The predicted molar refractivity (Wildman–Crippen MR) is 55.7 cm³/mol. The van der Waals surface area contributed by atoms with Crippen molar-refractivity contribution in [1.82, 2.24) is 0 Å². The third kappa shape index (κ3) is 3.73. The third-order valence-electron chi connectivity index (χ3n) is 2.16.